The molecule has 0 aliphatic carbocycles. The zero-order valence-electron chi connectivity index (χ0n) is 11.5. The second-order valence-electron chi connectivity index (χ2n) is 5.20. The van der Waals surface area contributed by atoms with E-state index in [0.29, 0.717) is 0 Å². The first-order valence-corrected chi connectivity index (χ1v) is 7.11. The van der Waals surface area contributed by atoms with Crippen LogP contribution in [0.3, 0.4) is 0 Å². The Morgan fingerprint density at radius 2 is 2.05 bits per heavy atom. The standard InChI is InChI=1S/C14H21N5/c1-12-6-5-7-13-16-14(17-19(12)13)15-8-11-18-9-3-2-4-10-18/h5-7H,2-4,8-11H2,1H3,(H,15,17). The van der Waals surface area contributed by atoms with Crippen molar-refractivity contribution in [3.05, 3.63) is 23.9 Å². The minimum absolute atomic E-state index is 0.728. The van der Waals surface area contributed by atoms with E-state index in [9.17, 15) is 0 Å². The fourth-order valence-electron chi connectivity index (χ4n) is 2.62. The van der Waals surface area contributed by atoms with E-state index in [2.05, 4.69) is 20.3 Å². The molecule has 0 bridgehead atoms. The number of nitrogens with zero attached hydrogens (tertiary/aromatic N) is 4. The lowest BCUT2D eigenvalue weighted by Gasteiger charge is -2.26. The van der Waals surface area contributed by atoms with Gasteiger partial charge in [0.2, 0.25) is 5.95 Å². The van der Waals surface area contributed by atoms with Crippen LogP contribution >= 0.6 is 0 Å². The van der Waals surface area contributed by atoms with E-state index in [1.807, 2.05) is 29.6 Å². The molecule has 0 atom stereocenters. The van der Waals surface area contributed by atoms with E-state index >= 15 is 0 Å². The van der Waals surface area contributed by atoms with Crippen molar-refractivity contribution < 1.29 is 0 Å². The van der Waals surface area contributed by atoms with Crippen molar-refractivity contribution in [2.75, 3.05) is 31.5 Å². The molecule has 1 N–H and O–H groups in total. The van der Waals surface area contributed by atoms with E-state index in [-0.39, 0.29) is 0 Å². The highest BCUT2D eigenvalue weighted by atomic mass is 15.4. The summed E-state index contributed by atoms with van der Waals surface area (Å²) in [6.07, 6.45) is 4.06. The molecule has 0 unspecified atom stereocenters. The van der Waals surface area contributed by atoms with Crippen molar-refractivity contribution >= 4 is 11.6 Å². The van der Waals surface area contributed by atoms with Gasteiger partial charge in [-0.15, -0.1) is 5.10 Å². The van der Waals surface area contributed by atoms with Crippen LogP contribution < -0.4 is 5.32 Å². The summed E-state index contributed by atoms with van der Waals surface area (Å²) in [4.78, 5) is 6.99. The Kier molecular flexibility index (Phi) is 3.64. The molecule has 19 heavy (non-hydrogen) atoms. The molecule has 1 saturated heterocycles. The summed E-state index contributed by atoms with van der Waals surface area (Å²) in [5, 5.41) is 7.79. The second kappa shape index (κ2) is 5.57. The molecule has 2 aromatic rings. The third kappa shape index (κ3) is 2.87. The van der Waals surface area contributed by atoms with Gasteiger partial charge in [-0.05, 0) is 45.0 Å². The van der Waals surface area contributed by atoms with Crippen molar-refractivity contribution in [3.63, 3.8) is 0 Å². The Bertz CT molecular complexity index is 542. The number of anilines is 1. The molecule has 5 heteroatoms. The van der Waals surface area contributed by atoms with Crippen molar-refractivity contribution in [2.24, 2.45) is 0 Å². The molecule has 0 spiro atoms. The topological polar surface area (TPSA) is 45.5 Å². The number of hydrogen-bond acceptors (Lipinski definition) is 4. The van der Waals surface area contributed by atoms with Crippen molar-refractivity contribution in [3.8, 4) is 0 Å². The summed E-state index contributed by atoms with van der Waals surface area (Å²) in [6.45, 7) is 6.50. The Labute approximate surface area is 113 Å². The molecule has 0 saturated carbocycles. The van der Waals surface area contributed by atoms with Crippen LogP contribution in [0.1, 0.15) is 25.0 Å². The fourth-order valence-corrected chi connectivity index (χ4v) is 2.62. The van der Waals surface area contributed by atoms with Gasteiger partial charge in [-0.2, -0.15) is 4.98 Å². The van der Waals surface area contributed by atoms with E-state index in [4.69, 9.17) is 0 Å². The van der Waals surface area contributed by atoms with Crippen LogP contribution in [0.2, 0.25) is 0 Å². The van der Waals surface area contributed by atoms with Gasteiger partial charge in [-0.1, -0.05) is 12.5 Å². The quantitative estimate of drug-likeness (QED) is 0.911. The molecule has 3 heterocycles. The van der Waals surface area contributed by atoms with E-state index in [1.165, 1.54) is 32.4 Å². The summed E-state index contributed by atoms with van der Waals surface area (Å²) < 4.78 is 1.88. The number of nitrogens with one attached hydrogen (secondary N) is 1. The Hall–Kier alpha value is -1.62. The van der Waals surface area contributed by atoms with Gasteiger partial charge in [-0.3, -0.25) is 0 Å². The molecule has 2 aromatic heterocycles. The number of likely N-dealkylation sites (tertiary alicyclic amines) is 1. The summed E-state index contributed by atoms with van der Waals surface area (Å²) in [5.74, 6) is 0.728. The second-order valence-corrected chi connectivity index (χ2v) is 5.20. The molecule has 1 fully saturated rings. The molecule has 0 radical (unpaired) electrons. The maximum Gasteiger partial charge on any atom is 0.243 e. The fraction of sp³-hybridized carbons (Fsp3) is 0.571. The number of aromatic nitrogens is 3. The first-order valence-electron chi connectivity index (χ1n) is 7.11. The van der Waals surface area contributed by atoms with E-state index in [0.717, 1.165) is 30.4 Å². The van der Waals surface area contributed by atoms with Crippen LogP contribution in [0.25, 0.3) is 5.65 Å². The Morgan fingerprint density at radius 3 is 2.84 bits per heavy atom. The van der Waals surface area contributed by atoms with Gasteiger partial charge in [0.05, 0.1) is 0 Å². The highest BCUT2D eigenvalue weighted by Crippen LogP contribution is 2.09. The first-order chi connectivity index (χ1) is 9.33. The van der Waals surface area contributed by atoms with Gasteiger partial charge in [0.15, 0.2) is 5.65 Å². The number of hydrogen-bond donors (Lipinski definition) is 1. The maximum absolute atomic E-state index is 4.48. The highest BCUT2D eigenvalue weighted by Gasteiger charge is 2.10. The largest absolute Gasteiger partial charge is 0.352 e. The van der Waals surface area contributed by atoms with Crippen LogP contribution in [-0.4, -0.2) is 45.7 Å². The van der Waals surface area contributed by atoms with Crippen LogP contribution in [0.5, 0.6) is 0 Å². The Morgan fingerprint density at radius 1 is 1.21 bits per heavy atom. The molecule has 1 aliphatic rings. The number of rotatable bonds is 4. The van der Waals surface area contributed by atoms with Gasteiger partial charge in [0, 0.05) is 18.8 Å². The molecular weight excluding hydrogens is 238 g/mol. The van der Waals surface area contributed by atoms with Gasteiger partial charge < -0.3 is 10.2 Å². The van der Waals surface area contributed by atoms with Crippen LogP contribution in [0.4, 0.5) is 5.95 Å². The zero-order valence-corrected chi connectivity index (χ0v) is 11.5. The van der Waals surface area contributed by atoms with Crippen LogP contribution in [-0.2, 0) is 0 Å². The maximum atomic E-state index is 4.48. The molecule has 3 rings (SSSR count). The van der Waals surface area contributed by atoms with Crippen LogP contribution in [0.15, 0.2) is 18.2 Å². The van der Waals surface area contributed by atoms with Crippen LogP contribution in [0, 0.1) is 6.92 Å². The third-order valence-corrected chi connectivity index (χ3v) is 3.71. The number of pyridine rings is 1. The number of fused-ring (bicyclic) bond motifs is 1. The molecule has 5 nitrogen and oxygen atoms in total. The number of piperidine rings is 1. The SMILES string of the molecule is Cc1cccc2nc(NCCN3CCCCC3)nn12. The minimum atomic E-state index is 0.728. The zero-order chi connectivity index (χ0) is 13.1. The minimum Gasteiger partial charge on any atom is -0.352 e. The molecule has 0 aromatic carbocycles. The van der Waals surface area contributed by atoms with Gasteiger partial charge in [0.1, 0.15) is 0 Å². The molecule has 102 valence electrons. The average molecular weight is 259 g/mol. The monoisotopic (exact) mass is 259 g/mol. The van der Waals surface area contributed by atoms with Crippen molar-refractivity contribution in [1.29, 1.82) is 0 Å². The van der Waals surface area contributed by atoms with E-state index in [1.54, 1.807) is 0 Å². The summed E-state index contributed by atoms with van der Waals surface area (Å²) in [5.41, 5.74) is 2.01. The molecule has 0 amide bonds. The smallest absolute Gasteiger partial charge is 0.243 e. The molecular formula is C14H21N5. The molecule has 1 aliphatic heterocycles. The normalized spacial score (nSPS) is 16.9. The van der Waals surface area contributed by atoms with Gasteiger partial charge in [0.25, 0.3) is 0 Å². The third-order valence-electron chi connectivity index (χ3n) is 3.71. The summed E-state index contributed by atoms with van der Waals surface area (Å²) >= 11 is 0. The van der Waals surface area contributed by atoms with E-state index < -0.39 is 0 Å². The first kappa shape index (κ1) is 12.4. The number of aryl methyl sites for hydroxylation is 1. The van der Waals surface area contributed by atoms with Crippen molar-refractivity contribution in [1.82, 2.24) is 19.5 Å². The summed E-state index contributed by atoms with van der Waals surface area (Å²) in [6, 6.07) is 6.03. The lowest BCUT2D eigenvalue weighted by molar-refractivity contribution is 0.237. The van der Waals surface area contributed by atoms with Gasteiger partial charge in [-0.25, -0.2) is 4.52 Å². The average Bonchev–Trinajstić information content (AvgIpc) is 2.84. The van der Waals surface area contributed by atoms with Gasteiger partial charge >= 0.3 is 0 Å². The predicted octanol–water partition coefficient (Wildman–Crippen LogP) is 1.94. The lowest BCUT2D eigenvalue weighted by atomic mass is 10.1. The predicted molar refractivity (Wildman–Crippen MR) is 76.5 cm³/mol. The van der Waals surface area contributed by atoms with Crippen molar-refractivity contribution in [2.45, 2.75) is 26.2 Å². The summed E-state index contributed by atoms with van der Waals surface area (Å²) in [7, 11) is 0. The highest BCUT2D eigenvalue weighted by molar-refractivity contribution is 5.44. The Balaban J connectivity index is 1.57. The lowest BCUT2D eigenvalue weighted by Crippen LogP contribution is -2.33.